The van der Waals surface area contributed by atoms with Crippen molar-refractivity contribution in [2.75, 3.05) is 19.7 Å². The highest BCUT2D eigenvalue weighted by Crippen LogP contribution is 2.33. The van der Waals surface area contributed by atoms with E-state index in [1.165, 1.54) is 6.08 Å². The van der Waals surface area contributed by atoms with Crippen LogP contribution >= 0.6 is 0 Å². The molecule has 2 unspecified atom stereocenters. The Bertz CT molecular complexity index is 1110. The summed E-state index contributed by atoms with van der Waals surface area (Å²) in [5.41, 5.74) is 2.22. The number of rotatable bonds is 4. The van der Waals surface area contributed by atoms with Gasteiger partial charge >= 0.3 is 0 Å². The lowest BCUT2D eigenvalue weighted by Gasteiger charge is -2.34. The molecule has 1 fully saturated rings. The van der Waals surface area contributed by atoms with Crippen LogP contribution < -0.4 is 10.6 Å². The predicted molar refractivity (Wildman–Crippen MR) is 119 cm³/mol. The lowest BCUT2D eigenvalue weighted by atomic mass is 9.98. The van der Waals surface area contributed by atoms with E-state index in [0.29, 0.717) is 24.5 Å². The van der Waals surface area contributed by atoms with E-state index in [0.717, 1.165) is 41.3 Å². The maximum Gasteiger partial charge on any atom is 0.255 e. The molecular weight excluding hydrogens is 392 g/mol. The molecule has 0 saturated carbocycles. The zero-order valence-electron chi connectivity index (χ0n) is 17.3. The van der Waals surface area contributed by atoms with Crippen LogP contribution in [-0.4, -0.2) is 59.3 Å². The number of aliphatic hydroxyl groups is 1. The van der Waals surface area contributed by atoms with Crippen molar-refractivity contribution in [3.05, 3.63) is 53.6 Å². The molecule has 3 aliphatic heterocycles. The summed E-state index contributed by atoms with van der Waals surface area (Å²) in [7, 11) is 0. The highest BCUT2D eigenvalue weighted by atomic mass is 16.3. The quantitative estimate of drug-likeness (QED) is 0.704. The average Bonchev–Trinajstić information content (AvgIpc) is 2.79. The fraction of sp³-hybridized carbons (Fsp3) is 0.375. The largest absolute Gasteiger partial charge is 0.395 e. The van der Waals surface area contributed by atoms with Gasteiger partial charge in [0, 0.05) is 25.2 Å². The third-order valence-electron chi connectivity index (χ3n) is 6.28. The Labute approximate surface area is 180 Å². The molecule has 7 heteroatoms. The summed E-state index contributed by atoms with van der Waals surface area (Å²) in [5.74, 6) is 0.183. The summed E-state index contributed by atoms with van der Waals surface area (Å²) in [6, 6.07) is 12.5. The van der Waals surface area contributed by atoms with E-state index in [4.69, 9.17) is 4.99 Å². The fourth-order valence-electron chi connectivity index (χ4n) is 4.69. The number of ketones is 1. The monoisotopic (exact) mass is 418 g/mol. The molecule has 3 N–H and O–H groups in total. The topological polar surface area (TPSA) is 94.0 Å². The normalized spacial score (nSPS) is 23.0. The molecule has 0 aromatic heterocycles. The van der Waals surface area contributed by atoms with Crippen molar-refractivity contribution < 1.29 is 14.7 Å². The van der Waals surface area contributed by atoms with Crippen LogP contribution in [0.2, 0.25) is 0 Å². The van der Waals surface area contributed by atoms with Crippen LogP contribution in [0, 0.1) is 0 Å². The van der Waals surface area contributed by atoms with Gasteiger partial charge in [-0.3, -0.25) is 9.59 Å². The van der Waals surface area contributed by atoms with Gasteiger partial charge in [-0.25, -0.2) is 4.99 Å². The Hall–Kier alpha value is -3.03. The molecule has 31 heavy (non-hydrogen) atoms. The number of carbonyl (C=O) groups is 2. The van der Waals surface area contributed by atoms with E-state index in [1.54, 1.807) is 0 Å². The Morgan fingerprint density at radius 3 is 2.74 bits per heavy atom. The number of fused-ring (bicyclic) bond motifs is 3. The molecular formula is C24H26N4O3. The first-order chi connectivity index (χ1) is 15.1. The van der Waals surface area contributed by atoms with Crippen LogP contribution in [0.15, 0.2) is 53.0 Å². The van der Waals surface area contributed by atoms with Gasteiger partial charge in [-0.1, -0.05) is 30.7 Å². The van der Waals surface area contributed by atoms with Crippen LogP contribution in [0.25, 0.3) is 10.8 Å². The number of nitrogens with zero attached hydrogens (tertiary/aromatic N) is 2. The van der Waals surface area contributed by atoms with E-state index in [2.05, 4.69) is 22.8 Å². The lowest BCUT2D eigenvalue weighted by Crippen LogP contribution is -2.51. The molecule has 0 radical (unpaired) electrons. The summed E-state index contributed by atoms with van der Waals surface area (Å²) in [4.78, 5) is 32.0. The summed E-state index contributed by atoms with van der Waals surface area (Å²) in [6.07, 6.45) is 4.33. The standard InChI is InChI=1S/C24H26N4O3/c29-14-19-7-3-6-18(26-19)11-25-24(31)21-10-20(30)13-28-12-17-8-15-4-1-2-5-16(15)9-22(17)27-23(21)28/h1-2,4-5,8-10,18-19,26,29H,3,6-7,11-14H2,(H,25,31). The van der Waals surface area contributed by atoms with Crippen LogP contribution in [0.1, 0.15) is 24.8 Å². The fourth-order valence-corrected chi connectivity index (χ4v) is 4.69. The van der Waals surface area contributed by atoms with Gasteiger partial charge in [-0.15, -0.1) is 0 Å². The molecule has 0 bridgehead atoms. The van der Waals surface area contributed by atoms with Crippen LogP contribution in [0.5, 0.6) is 0 Å². The van der Waals surface area contributed by atoms with E-state index < -0.39 is 0 Å². The molecule has 0 aliphatic carbocycles. The molecule has 0 spiro atoms. The zero-order valence-corrected chi connectivity index (χ0v) is 17.3. The minimum absolute atomic E-state index is 0.0793. The Kier molecular flexibility index (Phi) is 5.29. The first-order valence-corrected chi connectivity index (χ1v) is 10.9. The number of aliphatic hydroxyl groups excluding tert-OH is 1. The first-order valence-electron chi connectivity index (χ1n) is 10.9. The van der Waals surface area contributed by atoms with Gasteiger partial charge in [0.15, 0.2) is 5.78 Å². The number of amides is 1. The number of nitrogens with one attached hydrogen (secondary N) is 2. The van der Waals surface area contributed by atoms with E-state index in [-0.39, 0.29) is 36.9 Å². The van der Waals surface area contributed by atoms with E-state index in [1.807, 2.05) is 29.2 Å². The maximum atomic E-state index is 13.0. The molecule has 7 nitrogen and oxygen atoms in total. The lowest BCUT2D eigenvalue weighted by molar-refractivity contribution is -0.119. The van der Waals surface area contributed by atoms with Crippen molar-refractivity contribution in [3.8, 4) is 0 Å². The molecule has 3 heterocycles. The van der Waals surface area contributed by atoms with Gasteiger partial charge in [0.05, 0.1) is 24.4 Å². The highest BCUT2D eigenvalue weighted by molar-refractivity contribution is 6.26. The van der Waals surface area contributed by atoms with Gasteiger partial charge in [0.2, 0.25) is 0 Å². The average molecular weight is 418 g/mol. The second-order valence-corrected chi connectivity index (χ2v) is 8.53. The van der Waals surface area contributed by atoms with Gasteiger partial charge < -0.3 is 20.6 Å². The molecule has 2 aromatic carbocycles. The number of hydrogen-bond acceptors (Lipinski definition) is 6. The molecule has 1 saturated heterocycles. The van der Waals surface area contributed by atoms with Crippen molar-refractivity contribution in [1.82, 2.24) is 15.5 Å². The highest BCUT2D eigenvalue weighted by Gasteiger charge is 2.32. The van der Waals surface area contributed by atoms with Crippen molar-refractivity contribution in [2.45, 2.75) is 37.9 Å². The predicted octanol–water partition coefficient (Wildman–Crippen LogP) is 1.81. The minimum atomic E-state index is -0.283. The van der Waals surface area contributed by atoms with Crippen molar-refractivity contribution in [1.29, 1.82) is 0 Å². The number of hydrogen-bond donors (Lipinski definition) is 3. The zero-order chi connectivity index (χ0) is 21.4. The van der Waals surface area contributed by atoms with Crippen molar-refractivity contribution in [3.63, 3.8) is 0 Å². The Balaban J connectivity index is 1.38. The SMILES string of the molecule is O=C1C=C(C(=O)NCC2CCCC(CO)N2)C2=Nc3cc4ccccc4cc3CN2C1. The number of benzene rings is 2. The van der Waals surface area contributed by atoms with Gasteiger partial charge in [0.1, 0.15) is 5.84 Å². The van der Waals surface area contributed by atoms with Crippen LogP contribution in [-0.2, 0) is 16.1 Å². The molecule has 5 rings (SSSR count). The molecule has 3 aliphatic rings. The molecule has 1 amide bonds. The first kappa shape index (κ1) is 19.9. The Morgan fingerprint density at radius 1 is 1.16 bits per heavy atom. The summed E-state index contributed by atoms with van der Waals surface area (Å²) < 4.78 is 0. The van der Waals surface area contributed by atoms with Gasteiger partial charge in [0.25, 0.3) is 5.91 Å². The van der Waals surface area contributed by atoms with Crippen LogP contribution in [0.3, 0.4) is 0 Å². The molecule has 2 atom stereocenters. The Morgan fingerprint density at radius 2 is 1.94 bits per heavy atom. The van der Waals surface area contributed by atoms with E-state index >= 15 is 0 Å². The van der Waals surface area contributed by atoms with Crippen molar-refractivity contribution >= 4 is 34.0 Å². The number of amidine groups is 1. The van der Waals surface area contributed by atoms with E-state index in [9.17, 15) is 14.7 Å². The second kappa shape index (κ2) is 8.24. The van der Waals surface area contributed by atoms with Crippen molar-refractivity contribution in [2.24, 2.45) is 4.99 Å². The second-order valence-electron chi connectivity index (χ2n) is 8.53. The summed E-state index contributed by atoms with van der Waals surface area (Å²) in [6.45, 7) is 1.33. The van der Waals surface area contributed by atoms with Gasteiger partial charge in [-0.2, -0.15) is 0 Å². The smallest absolute Gasteiger partial charge is 0.255 e. The minimum Gasteiger partial charge on any atom is -0.395 e. The van der Waals surface area contributed by atoms with Crippen LogP contribution in [0.4, 0.5) is 5.69 Å². The van der Waals surface area contributed by atoms with Gasteiger partial charge in [-0.05, 0) is 47.4 Å². The summed E-state index contributed by atoms with van der Waals surface area (Å²) >= 11 is 0. The maximum absolute atomic E-state index is 13.0. The molecule has 160 valence electrons. The number of carbonyl (C=O) groups excluding carboxylic acids is 2. The number of piperidine rings is 1. The summed E-state index contributed by atoms with van der Waals surface area (Å²) in [5, 5.41) is 17.9. The third kappa shape index (κ3) is 3.98. The number of aliphatic imine (C=N–C) groups is 1. The third-order valence-corrected chi connectivity index (χ3v) is 6.28. The molecule has 2 aromatic rings.